The van der Waals surface area contributed by atoms with Crippen LogP contribution in [0.2, 0.25) is 0 Å². The van der Waals surface area contributed by atoms with Gasteiger partial charge in [-0.2, -0.15) is 0 Å². The van der Waals surface area contributed by atoms with Crippen molar-refractivity contribution < 1.29 is 33.4 Å². The fraction of sp³-hybridized carbons (Fsp3) is 0.531. The van der Waals surface area contributed by atoms with Gasteiger partial charge in [-0.3, -0.25) is 29.2 Å². The molecular weight excluding hydrogens is 859 g/mol. The Bertz CT molecular complexity index is 2480. The Morgan fingerprint density at radius 1 is 1.14 bits per heavy atom. The van der Waals surface area contributed by atoms with Crippen molar-refractivity contribution in [3.05, 3.63) is 70.8 Å². The summed E-state index contributed by atoms with van der Waals surface area (Å²) in [4.78, 5) is 83.8. The molecule has 3 aromatic heterocycles. The molecule has 5 atom stereocenters. The van der Waals surface area contributed by atoms with Crippen LogP contribution in [0.5, 0.6) is 0 Å². The molecule has 5 amide bonds. The molecular formula is C49H65N9O7S. The summed E-state index contributed by atoms with van der Waals surface area (Å²) in [7, 11) is 4.97. The highest BCUT2D eigenvalue weighted by atomic mass is 32.1. The number of benzene rings is 1. The number of fused-ring (bicyclic) bond motifs is 6. The molecule has 2 fully saturated rings. The van der Waals surface area contributed by atoms with Crippen molar-refractivity contribution in [2.24, 2.45) is 11.3 Å². The van der Waals surface area contributed by atoms with Crippen LogP contribution in [0.1, 0.15) is 83.2 Å². The summed E-state index contributed by atoms with van der Waals surface area (Å²) in [5.74, 6) is -1.92. The van der Waals surface area contributed by atoms with Crippen LogP contribution in [0.25, 0.3) is 33.4 Å². The van der Waals surface area contributed by atoms with E-state index in [-0.39, 0.29) is 43.0 Å². The van der Waals surface area contributed by atoms with Gasteiger partial charge in [0.2, 0.25) is 11.8 Å². The lowest BCUT2D eigenvalue weighted by molar-refractivity contribution is -0.155. The maximum absolute atomic E-state index is 14.6. The van der Waals surface area contributed by atoms with Crippen LogP contribution in [-0.4, -0.2) is 136 Å². The van der Waals surface area contributed by atoms with E-state index in [4.69, 9.17) is 19.4 Å². The third-order valence-corrected chi connectivity index (χ3v) is 14.1. The number of amides is 5. The van der Waals surface area contributed by atoms with Gasteiger partial charge in [0, 0.05) is 92.8 Å². The third kappa shape index (κ3) is 9.88. The first-order valence-electron chi connectivity index (χ1n) is 23.0. The lowest BCUT2D eigenvalue weighted by Gasteiger charge is -2.37. The number of carbonyl (C=O) groups is 5. The summed E-state index contributed by atoms with van der Waals surface area (Å²) in [6.07, 6.45) is 5.03. The van der Waals surface area contributed by atoms with Gasteiger partial charge in [-0.05, 0) is 81.4 Å². The number of rotatable bonds is 10. The molecule has 0 unspecified atom stereocenters. The average molecular weight is 924 g/mol. The van der Waals surface area contributed by atoms with Crippen molar-refractivity contribution in [2.45, 2.75) is 110 Å². The molecule has 3 aliphatic rings. The Balaban J connectivity index is 1.25. The molecule has 66 heavy (non-hydrogen) atoms. The molecule has 2 saturated heterocycles. The summed E-state index contributed by atoms with van der Waals surface area (Å²) < 4.78 is 14.2. The first-order valence-corrected chi connectivity index (χ1v) is 23.9. The predicted octanol–water partition coefficient (Wildman–Crippen LogP) is 6.00. The Morgan fingerprint density at radius 3 is 2.62 bits per heavy atom. The van der Waals surface area contributed by atoms with Crippen LogP contribution in [0, 0.1) is 11.3 Å². The van der Waals surface area contributed by atoms with Crippen molar-refractivity contribution in [2.75, 3.05) is 47.4 Å². The number of hydrogen-bond donors (Lipinski definition) is 2. The van der Waals surface area contributed by atoms with Crippen LogP contribution in [0.15, 0.2) is 54.6 Å². The number of likely N-dealkylation sites (tertiary alicyclic amines) is 1. The first-order chi connectivity index (χ1) is 31.5. The van der Waals surface area contributed by atoms with E-state index in [1.807, 2.05) is 32.2 Å². The number of likely N-dealkylation sites (N-methyl/N-ethyl adjacent to an activating group) is 2. The van der Waals surface area contributed by atoms with E-state index in [9.17, 15) is 24.0 Å². The summed E-state index contributed by atoms with van der Waals surface area (Å²) >= 11 is 1.40. The molecule has 6 bridgehead atoms. The van der Waals surface area contributed by atoms with E-state index in [1.165, 1.54) is 27.3 Å². The van der Waals surface area contributed by atoms with E-state index in [1.54, 1.807) is 37.2 Å². The fourth-order valence-electron chi connectivity index (χ4n) is 9.64. The molecule has 0 saturated carbocycles. The minimum atomic E-state index is -1.09. The number of methoxy groups -OCH3 is 1. The maximum Gasteiger partial charge on any atom is 0.324 e. The zero-order valence-electron chi connectivity index (χ0n) is 39.8. The summed E-state index contributed by atoms with van der Waals surface area (Å²) in [6, 6.07) is 7.06. The lowest BCUT2D eigenvalue weighted by atomic mass is 9.84. The van der Waals surface area contributed by atoms with Crippen LogP contribution < -0.4 is 10.7 Å². The molecule has 0 aliphatic carbocycles. The normalized spacial score (nSPS) is 21.0. The van der Waals surface area contributed by atoms with Gasteiger partial charge in [-0.1, -0.05) is 40.3 Å². The standard InChI is InChI=1S/C49H65N9O7S/c1-11-41(59)54(8)32-19-22-56(26-32)48(63)55(9)43(29(3)4)45(60)52-37-24-40-51-38(27-66-40)31-17-18-39-34(23-31)35(44(57(39)12-2)33-15-13-20-50-42(33)30(5)64-10)25-49(6,7)28-65-47(62)36-16-14-21-58(53-36)46(37)61/h11,13,15,17-18,20,23,27,29-30,32,36-37,43,53H,1,12,14,16,19,21-22,24-26,28H2,2-10H3,(H,52,60)/t30-,32-,36-,37-,43-/m0/s1. The number of cyclic esters (lactones) is 1. The Kier molecular flexibility index (Phi) is 14.7. The zero-order valence-corrected chi connectivity index (χ0v) is 40.6. The van der Waals surface area contributed by atoms with Gasteiger partial charge >= 0.3 is 12.0 Å². The van der Waals surface area contributed by atoms with Gasteiger partial charge in [0.15, 0.2) is 0 Å². The number of nitrogens with one attached hydrogen (secondary N) is 2. The van der Waals surface area contributed by atoms with Crippen molar-refractivity contribution in [3.63, 3.8) is 0 Å². The SMILES string of the molecule is C=CC(=O)N(C)[C@H]1CCN(C(=O)N(C)[C@H](C(=O)N[C@H]2Cc3nc(cs3)-c3ccc4c(c3)c(c(-c3cccnc3[C@H](C)OC)n4CC)CC(C)(C)COC(=O)[C@@H]3CCCN(N3)C2=O)C(C)C)C1. The number of esters is 1. The van der Waals surface area contributed by atoms with Crippen molar-refractivity contribution >= 4 is 52.0 Å². The number of aromatic nitrogens is 3. The fourth-order valence-corrected chi connectivity index (χ4v) is 10.5. The maximum atomic E-state index is 14.6. The highest BCUT2D eigenvalue weighted by Crippen LogP contribution is 2.42. The summed E-state index contributed by atoms with van der Waals surface area (Å²) in [6.45, 7) is 17.5. The van der Waals surface area contributed by atoms with Crippen molar-refractivity contribution in [3.8, 4) is 22.5 Å². The molecule has 0 spiro atoms. The van der Waals surface area contributed by atoms with E-state index in [0.29, 0.717) is 56.9 Å². The van der Waals surface area contributed by atoms with Crippen LogP contribution in [0.3, 0.4) is 0 Å². The number of aryl methyl sites for hydroxylation is 1. The van der Waals surface area contributed by atoms with Gasteiger partial charge in [-0.25, -0.2) is 15.2 Å². The molecule has 2 N–H and O–H groups in total. The minimum absolute atomic E-state index is 0.0714. The molecule has 0 radical (unpaired) electrons. The highest BCUT2D eigenvalue weighted by molar-refractivity contribution is 7.10. The van der Waals surface area contributed by atoms with E-state index >= 15 is 0 Å². The van der Waals surface area contributed by atoms with E-state index < -0.39 is 41.3 Å². The molecule has 4 aromatic rings. The van der Waals surface area contributed by atoms with Gasteiger partial charge < -0.3 is 34.1 Å². The number of thiazole rings is 1. The van der Waals surface area contributed by atoms with E-state index in [2.05, 4.69) is 66.9 Å². The molecule has 1 aromatic carbocycles. The molecule has 6 heterocycles. The van der Waals surface area contributed by atoms with Crippen LogP contribution >= 0.6 is 11.3 Å². The molecule has 7 rings (SSSR count). The number of ether oxygens (including phenoxy) is 2. The molecule has 3 aliphatic heterocycles. The summed E-state index contributed by atoms with van der Waals surface area (Å²) in [5, 5.41) is 8.09. The van der Waals surface area contributed by atoms with Gasteiger partial charge in [0.25, 0.3) is 5.91 Å². The Morgan fingerprint density at radius 2 is 1.91 bits per heavy atom. The predicted molar refractivity (Wildman–Crippen MR) is 254 cm³/mol. The molecule has 17 heteroatoms. The largest absolute Gasteiger partial charge is 0.464 e. The number of hydrazine groups is 1. The van der Waals surface area contributed by atoms with Crippen LogP contribution in [0.4, 0.5) is 4.79 Å². The first kappa shape index (κ1) is 48.3. The number of urea groups is 1. The molecule has 16 nitrogen and oxygen atoms in total. The number of hydrogen-bond acceptors (Lipinski definition) is 11. The quantitative estimate of drug-likeness (QED) is 0.142. The van der Waals surface area contributed by atoms with Gasteiger partial charge in [-0.15, -0.1) is 11.3 Å². The summed E-state index contributed by atoms with van der Waals surface area (Å²) in [5.41, 5.74) is 9.25. The second-order valence-electron chi connectivity index (χ2n) is 18.9. The third-order valence-electron chi connectivity index (χ3n) is 13.3. The minimum Gasteiger partial charge on any atom is -0.464 e. The monoisotopic (exact) mass is 923 g/mol. The van der Waals surface area contributed by atoms with Crippen molar-refractivity contribution in [1.82, 2.24) is 45.0 Å². The van der Waals surface area contributed by atoms with E-state index in [0.717, 1.165) is 44.7 Å². The zero-order chi connectivity index (χ0) is 47.6. The van der Waals surface area contributed by atoms with Gasteiger partial charge in [0.1, 0.15) is 18.1 Å². The Hall–Kier alpha value is -5.65. The van der Waals surface area contributed by atoms with Crippen LogP contribution in [-0.2, 0) is 48.0 Å². The van der Waals surface area contributed by atoms with Crippen molar-refractivity contribution in [1.29, 1.82) is 0 Å². The number of carbonyl (C=O) groups excluding carboxylic acids is 5. The average Bonchev–Trinajstić information content (AvgIpc) is 4.07. The smallest absolute Gasteiger partial charge is 0.324 e. The lowest BCUT2D eigenvalue weighted by Crippen LogP contribution is -2.62. The highest BCUT2D eigenvalue weighted by Gasteiger charge is 2.40. The second kappa shape index (κ2) is 20.1. The Labute approximate surface area is 391 Å². The topological polar surface area (TPSA) is 172 Å². The molecule has 354 valence electrons. The second-order valence-corrected chi connectivity index (χ2v) is 19.8. The number of nitrogens with zero attached hydrogens (tertiary/aromatic N) is 7. The number of pyridine rings is 1. The van der Waals surface area contributed by atoms with Gasteiger partial charge in [0.05, 0.1) is 40.8 Å².